The summed E-state index contributed by atoms with van der Waals surface area (Å²) in [5.41, 5.74) is 0. The number of carbonyl (C=O) groups is 3. The third kappa shape index (κ3) is 29.3. The quantitative estimate of drug-likeness (QED) is 0.0594. The molecular weight excluding hydrogens is 525 g/mol. The van der Waals surface area contributed by atoms with Crippen molar-refractivity contribution in [3.8, 4) is 0 Å². The molecule has 0 radical (unpaired) electrons. The van der Waals surface area contributed by atoms with E-state index >= 15 is 0 Å². The summed E-state index contributed by atoms with van der Waals surface area (Å²) in [5.74, 6) is -0.918. The van der Waals surface area contributed by atoms with E-state index in [2.05, 4.69) is 16.8 Å². The van der Waals surface area contributed by atoms with Gasteiger partial charge in [-0.05, 0) is 19.3 Å². The van der Waals surface area contributed by atoms with E-state index in [1.54, 1.807) is 0 Å². The Labute approximate surface area is 235 Å². The van der Waals surface area contributed by atoms with Crippen molar-refractivity contribution in [2.24, 2.45) is 0 Å². The molecule has 1 amide bonds. The second-order valence-electron chi connectivity index (χ2n) is 10.2. The van der Waals surface area contributed by atoms with Gasteiger partial charge in [-0.3, -0.25) is 18.9 Å². The number of phosphoric ester groups is 1. The van der Waals surface area contributed by atoms with Crippen LogP contribution >= 0.6 is 7.82 Å². The summed E-state index contributed by atoms with van der Waals surface area (Å²) in [6, 6.07) is 0. The van der Waals surface area contributed by atoms with Crippen molar-refractivity contribution in [1.82, 2.24) is 5.32 Å². The van der Waals surface area contributed by atoms with Crippen LogP contribution in [0.25, 0.3) is 0 Å². The molecule has 11 heteroatoms. The zero-order chi connectivity index (χ0) is 29.2. The average molecular weight is 580 g/mol. The highest BCUT2D eigenvalue weighted by Gasteiger charge is 2.22. The van der Waals surface area contributed by atoms with Gasteiger partial charge in [-0.2, -0.15) is 0 Å². The van der Waals surface area contributed by atoms with Crippen molar-refractivity contribution in [2.75, 3.05) is 19.8 Å². The summed E-state index contributed by atoms with van der Waals surface area (Å²) >= 11 is 0. The Morgan fingerprint density at radius 1 is 0.692 bits per heavy atom. The smallest absolute Gasteiger partial charge is 0.462 e. The highest BCUT2D eigenvalue weighted by Crippen LogP contribution is 2.35. The molecule has 0 heterocycles. The van der Waals surface area contributed by atoms with Crippen molar-refractivity contribution in [3.63, 3.8) is 0 Å². The molecule has 0 aromatic carbocycles. The van der Waals surface area contributed by atoms with Crippen LogP contribution < -0.4 is 5.32 Å². The van der Waals surface area contributed by atoms with Gasteiger partial charge in [0.05, 0.1) is 6.61 Å². The molecule has 3 N–H and O–H groups in total. The van der Waals surface area contributed by atoms with E-state index in [4.69, 9.17) is 19.3 Å². The van der Waals surface area contributed by atoms with Gasteiger partial charge in [0.2, 0.25) is 5.91 Å². The lowest BCUT2D eigenvalue weighted by atomic mass is 10.1. The maximum atomic E-state index is 12.2. The maximum Gasteiger partial charge on any atom is 0.469 e. The minimum atomic E-state index is -4.74. The van der Waals surface area contributed by atoms with Crippen molar-refractivity contribution in [2.45, 2.75) is 142 Å². The standard InChI is InChI=1S/C28H54NO9P/c1-3-4-5-6-7-11-15-18-21-28(32)38-26(24-37-39(33,34)35)23-36-27(31)20-17-14-12-9-8-10-13-16-19-22-29-25(2)30/h26H,3-24H2,1-2H3,(H,29,30)(H2,33,34,35)/t26-/m0/s1. The normalized spacial score (nSPS) is 12.2. The van der Waals surface area contributed by atoms with Crippen molar-refractivity contribution in [1.29, 1.82) is 0 Å². The van der Waals surface area contributed by atoms with E-state index in [-0.39, 0.29) is 25.4 Å². The number of hydrogen-bond acceptors (Lipinski definition) is 7. The molecule has 0 spiro atoms. The Morgan fingerprint density at radius 2 is 1.15 bits per heavy atom. The molecule has 0 fully saturated rings. The Balaban J connectivity index is 4.00. The van der Waals surface area contributed by atoms with Gasteiger partial charge in [0, 0.05) is 26.3 Å². The predicted octanol–water partition coefficient (Wildman–Crippen LogP) is 6.12. The number of esters is 2. The van der Waals surface area contributed by atoms with E-state index in [1.807, 2.05) is 0 Å². The first kappa shape index (κ1) is 37.5. The summed E-state index contributed by atoms with van der Waals surface area (Å²) in [7, 11) is -4.74. The molecule has 0 saturated carbocycles. The highest BCUT2D eigenvalue weighted by molar-refractivity contribution is 7.46. The lowest BCUT2D eigenvalue weighted by Gasteiger charge is -2.18. The van der Waals surface area contributed by atoms with Gasteiger partial charge in [0.15, 0.2) is 6.10 Å². The zero-order valence-corrected chi connectivity index (χ0v) is 25.2. The van der Waals surface area contributed by atoms with Crippen LogP contribution in [0.4, 0.5) is 0 Å². The first-order valence-electron chi connectivity index (χ1n) is 14.9. The maximum absolute atomic E-state index is 12.2. The third-order valence-corrected chi connectivity index (χ3v) is 6.81. The van der Waals surface area contributed by atoms with Gasteiger partial charge >= 0.3 is 19.8 Å². The van der Waals surface area contributed by atoms with Gasteiger partial charge in [-0.15, -0.1) is 0 Å². The molecule has 10 nitrogen and oxygen atoms in total. The number of hydrogen-bond donors (Lipinski definition) is 3. The lowest BCUT2D eigenvalue weighted by Crippen LogP contribution is -2.29. The Morgan fingerprint density at radius 3 is 1.64 bits per heavy atom. The van der Waals surface area contributed by atoms with Crippen molar-refractivity contribution < 1.29 is 42.7 Å². The van der Waals surface area contributed by atoms with E-state index in [9.17, 15) is 18.9 Å². The summed E-state index contributed by atoms with van der Waals surface area (Å²) in [6.45, 7) is 3.60. The monoisotopic (exact) mass is 579 g/mol. The van der Waals surface area contributed by atoms with Gasteiger partial charge in [-0.1, -0.05) is 96.8 Å². The number of ether oxygens (including phenoxy) is 2. The summed E-state index contributed by atoms with van der Waals surface area (Å²) in [5, 5.41) is 2.80. The van der Waals surface area contributed by atoms with Gasteiger partial charge in [0.25, 0.3) is 0 Å². The minimum Gasteiger partial charge on any atom is -0.462 e. The van der Waals surface area contributed by atoms with Crippen LogP contribution in [0.3, 0.4) is 0 Å². The molecule has 1 atom stereocenters. The van der Waals surface area contributed by atoms with Crippen LogP contribution in [0.1, 0.15) is 136 Å². The molecular formula is C28H54NO9P. The van der Waals surface area contributed by atoms with Crippen LogP contribution in [0.15, 0.2) is 0 Å². The van der Waals surface area contributed by atoms with Crippen LogP contribution in [-0.2, 0) is 32.9 Å². The summed E-state index contributed by atoms with van der Waals surface area (Å²) in [4.78, 5) is 53.0. The van der Waals surface area contributed by atoms with Gasteiger partial charge in [-0.25, -0.2) is 4.57 Å². The van der Waals surface area contributed by atoms with E-state index in [0.717, 1.165) is 77.2 Å². The fraction of sp³-hybridized carbons (Fsp3) is 0.893. The summed E-state index contributed by atoms with van der Waals surface area (Å²) in [6.07, 6.45) is 17.4. The average Bonchev–Trinajstić information content (AvgIpc) is 2.87. The Hall–Kier alpha value is -1.48. The molecule has 0 aliphatic carbocycles. The molecule has 0 aromatic rings. The SMILES string of the molecule is CCCCCCCCCCC(=O)O[C@@H](COC(=O)CCCCCCCCCCCNC(C)=O)COP(=O)(O)O. The number of amides is 1. The fourth-order valence-corrected chi connectivity index (χ4v) is 4.46. The number of nitrogens with one attached hydrogen (secondary N) is 1. The highest BCUT2D eigenvalue weighted by atomic mass is 31.2. The first-order chi connectivity index (χ1) is 18.6. The number of rotatable bonds is 27. The lowest BCUT2D eigenvalue weighted by molar-refractivity contribution is -0.161. The Kier molecular flexibility index (Phi) is 24.5. The molecule has 0 rings (SSSR count). The molecule has 0 bridgehead atoms. The van der Waals surface area contributed by atoms with E-state index < -0.39 is 32.5 Å². The van der Waals surface area contributed by atoms with E-state index in [0.29, 0.717) is 12.8 Å². The van der Waals surface area contributed by atoms with Crippen LogP contribution in [0.5, 0.6) is 0 Å². The molecule has 39 heavy (non-hydrogen) atoms. The minimum absolute atomic E-state index is 0.0143. The van der Waals surface area contributed by atoms with Gasteiger partial charge in [0.1, 0.15) is 6.61 Å². The second kappa shape index (κ2) is 25.5. The number of unbranched alkanes of at least 4 members (excludes halogenated alkanes) is 15. The fourth-order valence-electron chi connectivity index (χ4n) is 4.10. The topological polar surface area (TPSA) is 148 Å². The number of carbonyl (C=O) groups excluding carboxylic acids is 3. The molecule has 0 aliphatic heterocycles. The van der Waals surface area contributed by atoms with Crippen LogP contribution in [0, 0.1) is 0 Å². The predicted molar refractivity (Wildman–Crippen MR) is 151 cm³/mol. The first-order valence-corrected chi connectivity index (χ1v) is 16.5. The number of phosphoric acid groups is 1. The van der Waals surface area contributed by atoms with Crippen LogP contribution in [-0.4, -0.2) is 53.5 Å². The molecule has 230 valence electrons. The van der Waals surface area contributed by atoms with Crippen LogP contribution in [0.2, 0.25) is 0 Å². The largest absolute Gasteiger partial charge is 0.469 e. The van der Waals surface area contributed by atoms with E-state index in [1.165, 1.54) is 32.6 Å². The molecule has 0 saturated heterocycles. The molecule has 0 aliphatic rings. The van der Waals surface area contributed by atoms with Crippen molar-refractivity contribution >= 4 is 25.7 Å². The van der Waals surface area contributed by atoms with Gasteiger partial charge < -0.3 is 24.6 Å². The third-order valence-electron chi connectivity index (χ3n) is 6.32. The molecule has 0 aromatic heterocycles. The second-order valence-corrected chi connectivity index (χ2v) is 11.5. The summed E-state index contributed by atoms with van der Waals surface area (Å²) < 4.78 is 26.0. The van der Waals surface area contributed by atoms with Crippen molar-refractivity contribution in [3.05, 3.63) is 0 Å². The zero-order valence-electron chi connectivity index (χ0n) is 24.3. The molecule has 0 unspecified atom stereocenters. The Bertz CT molecular complexity index is 684.